The average molecular weight is 523 g/mol. The summed E-state index contributed by atoms with van der Waals surface area (Å²) in [5.74, 6) is -3.55. The van der Waals surface area contributed by atoms with Crippen molar-refractivity contribution in [1.82, 2.24) is 9.55 Å². The van der Waals surface area contributed by atoms with Crippen molar-refractivity contribution < 1.29 is 28.6 Å². The summed E-state index contributed by atoms with van der Waals surface area (Å²) >= 11 is 12.0. The van der Waals surface area contributed by atoms with Crippen LogP contribution in [0.15, 0.2) is 47.5 Å². The molecule has 1 unspecified atom stereocenters. The van der Waals surface area contributed by atoms with Gasteiger partial charge in [-0.15, -0.1) is 0 Å². The van der Waals surface area contributed by atoms with E-state index in [4.69, 9.17) is 33.0 Å². The number of aromatic nitrogens is 2. The molecule has 0 saturated heterocycles. The summed E-state index contributed by atoms with van der Waals surface area (Å²) in [6, 6.07) is 8.31. The summed E-state index contributed by atoms with van der Waals surface area (Å²) in [5.41, 5.74) is -0.172. The molecule has 35 heavy (non-hydrogen) atoms. The van der Waals surface area contributed by atoms with Crippen LogP contribution in [-0.4, -0.2) is 38.9 Å². The van der Waals surface area contributed by atoms with Gasteiger partial charge in [0.05, 0.1) is 34.7 Å². The van der Waals surface area contributed by atoms with Gasteiger partial charge in [-0.2, -0.15) is 0 Å². The molecule has 2 aromatic carbocycles. The molecule has 0 aliphatic heterocycles. The molecule has 8 nitrogen and oxygen atoms in total. The molecule has 0 saturated carbocycles. The van der Waals surface area contributed by atoms with Crippen LogP contribution in [0.25, 0.3) is 10.9 Å². The highest BCUT2D eigenvalue weighted by atomic mass is 35.5. The Bertz CT molecular complexity index is 1340. The van der Waals surface area contributed by atoms with Crippen molar-refractivity contribution >= 4 is 51.6 Å². The number of hydrogen-bond donors (Lipinski definition) is 1. The van der Waals surface area contributed by atoms with Gasteiger partial charge in [-0.1, -0.05) is 30.1 Å². The second-order valence-corrected chi connectivity index (χ2v) is 8.65. The molecule has 0 fully saturated rings. The van der Waals surface area contributed by atoms with Crippen LogP contribution < -0.4 is 10.3 Å². The van der Waals surface area contributed by atoms with E-state index in [9.17, 15) is 23.6 Å². The molecule has 11 heteroatoms. The van der Waals surface area contributed by atoms with Gasteiger partial charge in [0.2, 0.25) is 0 Å². The highest BCUT2D eigenvalue weighted by Gasteiger charge is 2.29. The van der Waals surface area contributed by atoms with Crippen molar-refractivity contribution in [2.24, 2.45) is 5.92 Å². The Kier molecular flexibility index (Phi) is 8.58. The third kappa shape index (κ3) is 6.23. The van der Waals surface area contributed by atoms with Gasteiger partial charge >= 0.3 is 5.97 Å². The van der Waals surface area contributed by atoms with Crippen molar-refractivity contribution in [2.75, 3.05) is 6.67 Å². The van der Waals surface area contributed by atoms with Gasteiger partial charge in [-0.25, -0.2) is 9.37 Å². The normalized spacial score (nSPS) is 12.8. The van der Waals surface area contributed by atoms with Crippen LogP contribution in [0.5, 0.6) is 11.5 Å². The first-order valence-corrected chi connectivity index (χ1v) is 11.4. The van der Waals surface area contributed by atoms with Crippen LogP contribution in [0.1, 0.15) is 32.2 Å². The maximum atomic E-state index is 13.3. The second kappa shape index (κ2) is 11.4. The average Bonchev–Trinajstić information content (AvgIpc) is 2.81. The second-order valence-electron chi connectivity index (χ2n) is 7.80. The van der Waals surface area contributed by atoms with Gasteiger partial charge in [-0.3, -0.25) is 23.7 Å². The fourth-order valence-corrected chi connectivity index (χ4v) is 4.11. The Labute approximate surface area is 209 Å². The molecule has 3 aromatic rings. The third-order valence-electron chi connectivity index (χ3n) is 5.43. The zero-order chi connectivity index (χ0) is 25.7. The summed E-state index contributed by atoms with van der Waals surface area (Å²) in [5, 5.41) is 9.88. The number of fused-ring (bicyclic) bond motifs is 1. The summed E-state index contributed by atoms with van der Waals surface area (Å²) in [6.07, 6.45) is 0.211. The van der Waals surface area contributed by atoms with Gasteiger partial charge in [0.1, 0.15) is 18.2 Å². The summed E-state index contributed by atoms with van der Waals surface area (Å²) in [7, 11) is 0. The van der Waals surface area contributed by atoms with Crippen molar-refractivity contribution in [3.05, 3.63) is 63.1 Å². The number of carbonyl (C=O) groups is 3. The number of ketones is 2. The van der Waals surface area contributed by atoms with Gasteiger partial charge in [0.15, 0.2) is 11.6 Å². The molecule has 0 aliphatic rings. The first kappa shape index (κ1) is 26.3. The molecule has 0 radical (unpaired) electrons. The lowest BCUT2D eigenvalue weighted by atomic mass is 9.91. The number of hydrogen-bond acceptors (Lipinski definition) is 6. The molecular formula is C24H21Cl2FN2O6. The van der Waals surface area contributed by atoms with Gasteiger partial charge in [0.25, 0.3) is 5.56 Å². The van der Waals surface area contributed by atoms with Crippen molar-refractivity contribution in [3.63, 3.8) is 0 Å². The van der Waals surface area contributed by atoms with E-state index in [2.05, 4.69) is 4.98 Å². The van der Waals surface area contributed by atoms with E-state index < -0.39 is 54.6 Å². The number of alkyl halides is 1. The maximum absolute atomic E-state index is 13.3. The number of rotatable bonds is 11. The molecule has 1 aromatic heterocycles. The van der Waals surface area contributed by atoms with E-state index in [0.717, 1.165) is 4.57 Å². The van der Waals surface area contributed by atoms with Gasteiger partial charge < -0.3 is 9.84 Å². The first-order chi connectivity index (χ1) is 16.6. The van der Waals surface area contributed by atoms with Crippen LogP contribution >= 0.6 is 23.2 Å². The molecule has 1 N–H and O–H groups in total. The molecule has 184 valence electrons. The largest absolute Gasteiger partial charge is 0.481 e. The quantitative estimate of drug-likeness (QED) is 0.375. The third-order valence-corrected chi connectivity index (χ3v) is 5.96. The Morgan fingerprint density at radius 2 is 1.86 bits per heavy atom. The van der Waals surface area contributed by atoms with Crippen LogP contribution in [0.4, 0.5) is 4.39 Å². The molecule has 0 aliphatic carbocycles. The van der Waals surface area contributed by atoms with Crippen molar-refractivity contribution in [3.8, 4) is 11.5 Å². The number of ether oxygens (including phenoxy) is 1. The molecule has 0 spiro atoms. The topological polar surface area (TPSA) is 116 Å². The molecular weight excluding hydrogens is 502 g/mol. The summed E-state index contributed by atoms with van der Waals surface area (Å²) < 4.78 is 19.8. The zero-order valence-electron chi connectivity index (χ0n) is 18.5. The Morgan fingerprint density at radius 3 is 2.49 bits per heavy atom. The standard InChI is InChI=1S/C24H21Cl2FN2O6/c1-2-19(20(30)7-13(8-23(32)33)21(31)11-27)29-12-28-18-5-4-15(10-16(18)24(29)34)35-22-6-3-14(25)9-17(22)26/h3-6,9-10,12-13,19H,2,7-8,11H2,1H3,(H,32,33)/t13?,19-/m0/s1. The van der Waals surface area contributed by atoms with Crippen LogP contribution in [0.3, 0.4) is 0 Å². The van der Waals surface area contributed by atoms with Gasteiger partial charge in [-0.05, 0) is 42.8 Å². The Morgan fingerprint density at radius 1 is 1.11 bits per heavy atom. The molecule has 1 heterocycles. The molecule has 0 bridgehead atoms. The fraction of sp³-hybridized carbons (Fsp3) is 0.292. The Balaban J connectivity index is 1.94. The minimum Gasteiger partial charge on any atom is -0.481 e. The number of carboxylic acid groups (broad SMARTS) is 1. The highest BCUT2D eigenvalue weighted by Crippen LogP contribution is 2.32. The number of benzene rings is 2. The summed E-state index contributed by atoms with van der Waals surface area (Å²) in [4.78, 5) is 53.3. The lowest BCUT2D eigenvalue weighted by Gasteiger charge is -2.19. The number of halogens is 3. The highest BCUT2D eigenvalue weighted by molar-refractivity contribution is 6.35. The number of carboxylic acids is 1. The predicted octanol–water partition coefficient (Wildman–Crippen LogP) is 5.04. The maximum Gasteiger partial charge on any atom is 0.304 e. The van der Waals surface area contributed by atoms with Crippen LogP contribution in [-0.2, 0) is 14.4 Å². The molecule has 0 amide bonds. The van der Waals surface area contributed by atoms with Crippen molar-refractivity contribution in [2.45, 2.75) is 32.2 Å². The van der Waals surface area contributed by atoms with Crippen molar-refractivity contribution in [1.29, 1.82) is 0 Å². The Hall–Kier alpha value is -3.30. The summed E-state index contributed by atoms with van der Waals surface area (Å²) in [6.45, 7) is 0.282. The lowest BCUT2D eigenvalue weighted by Crippen LogP contribution is -2.32. The van der Waals surface area contributed by atoms with E-state index in [-0.39, 0.29) is 16.8 Å². The first-order valence-electron chi connectivity index (χ1n) is 10.6. The minimum absolute atomic E-state index is 0.170. The SMILES string of the molecule is CC[C@@H](C(=O)CC(CC(=O)O)C(=O)CF)n1cnc2ccc(Oc3ccc(Cl)cc3Cl)cc2c1=O. The van der Waals surface area contributed by atoms with E-state index >= 15 is 0 Å². The lowest BCUT2D eigenvalue weighted by molar-refractivity contribution is -0.141. The zero-order valence-corrected chi connectivity index (χ0v) is 20.1. The predicted molar refractivity (Wildman–Crippen MR) is 128 cm³/mol. The van der Waals surface area contributed by atoms with E-state index in [0.29, 0.717) is 22.0 Å². The number of Topliss-reactive ketones (excluding diaryl/α,β-unsaturated/α-hetero) is 2. The van der Waals surface area contributed by atoms with E-state index in [1.54, 1.807) is 31.2 Å². The van der Waals surface area contributed by atoms with Gasteiger partial charge in [0, 0.05) is 17.4 Å². The monoisotopic (exact) mass is 522 g/mol. The number of nitrogens with zero attached hydrogens (tertiary/aromatic N) is 2. The van der Waals surface area contributed by atoms with E-state index in [1.807, 2.05) is 0 Å². The fourth-order valence-electron chi connectivity index (χ4n) is 3.66. The minimum atomic E-state index is -1.38. The smallest absolute Gasteiger partial charge is 0.304 e. The van der Waals surface area contributed by atoms with Crippen LogP contribution in [0, 0.1) is 5.92 Å². The molecule has 3 rings (SSSR count). The molecule has 2 atom stereocenters. The van der Waals surface area contributed by atoms with Crippen LogP contribution in [0.2, 0.25) is 10.0 Å². The number of aliphatic carboxylic acids is 1. The van der Waals surface area contributed by atoms with E-state index in [1.165, 1.54) is 18.5 Å². The number of carbonyl (C=O) groups excluding carboxylic acids is 2.